The molecule has 1 aromatic carbocycles. The summed E-state index contributed by atoms with van der Waals surface area (Å²) in [7, 11) is 2.82. The molecule has 1 heterocycles. The maximum Gasteiger partial charge on any atom is 0.328 e. The number of carbonyl (C=O) groups is 2. The fourth-order valence-electron chi connectivity index (χ4n) is 2.38. The second-order valence-electron chi connectivity index (χ2n) is 4.51. The summed E-state index contributed by atoms with van der Waals surface area (Å²) in [5.41, 5.74) is 0.500. The van der Waals surface area contributed by atoms with Crippen molar-refractivity contribution in [2.75, 3.05) is 19.1 Å². The van der Waals surface area contributed by atoms with Crippen LogP contribution in [0.15, 0.2) is 18.2 Å². The van der Waals surface area contributed by atoms with Gasteiger partial charge in [-0.25, -0.2) is 4.79 Å². The molecule has 0 saturated carbocycles. The van der Waals surface area contributed by atoms with Gasteiger partial charge in [-0.3, -0.25) is 9.69 Å². The lowest BCUT2D eigenvalue weighted by atomic mass is 10.0. The number of benzene rings is 1. The fraction of sp³-hybridized carbons (Fsp3) is 0.429. The molecule has 108 valence electrons. The standard InChI is InChI=1S/C14H16ClNO4/c1-19-12-7-6-9(15)8-11(12)16-10(14(18)20-2)4-3-5-13(16)17/h6-8,10H,3-5H2,1-2H3. The molecule has 0 aromatic heterocycles. The third-order valence-electron chi connectivity index (χ3n) is 3.32. The van der Waals surface area contributed by atoms with Crippen LogP contribution >= 0.6 is 11.6 Å². The van der Waals surface area contributed by atoms with Gasteiger partial charge >= 0.3 is 5.97 Å². The summed E-state index contributed by atoms with van der Waals surface area (Å²) < 4.78 is 10.0. The molecule has 1 unspecified atom stereocenters. The van der Waals surface area contributed by atoms with Gasteiger partial charge in [-0.05, 0) is 31.0 Å². The Morgan fingerprint density at radius 3 is 2.80 bits per heavy atom. The largest absolute Gasteiger partial charge is 0.495 e. The molecule has 6 heteroatoms. The third-order valence-corrected chi connectivity index (χ3v) is 3.56. The Hall–Kier alpha value is -1.75. The average molecular weight is 298 g/mol. The van der Waals surface area contributed by atoms with Gasteiger partial charge in [0, 0.05) is 11.4 Å². The highest BCUT2D eigenvalue weighted by molar-refractivity contribution is 6.31. The number of methoxy groups -OCH3 is 2. The summed E-state index contributed by atoms with van der Waals surface area (Å²) >= 11 is 5.99. The first-order chi connectivity index (χ1) is 9.58. The van der Waals surface area contributed by atoms with Crippen LogP contribution in [0.3, 0.4) is 0 Å². The molecule has 1 aromatic rings. The molecule has 0 aliphatic carbocycles. The van der Waals surface area contributed by atoms with Gasteiger partial charge in [0.15, 0.2) is 0 Å². The van der Waals surface area contributed by atoms with E-state index >= 15 is 0 Å². The number of rotatable bonds is 3. The van der Waals surface area contributed by atoms with E-state index in [0.29, 0.717) is 35.7 Å². The minimum Gasteiger partial charge on any atom is -0.495 e. The second kappa shape index (κ2) is 6.13. The number of anilines is 1. The summed E-state index contributed by atoms with van der Waals surface area (Å²) in [6, 6.07) is 4.34. The quantitative estimate of drug-likeness (QED) is 0.804. The topological polar surface area (TPSA) is 55.8 Å². The molecule has 1 aliphatic rings. The molecule has 1 atom stereocenters. The summed E-state index contributed by atoms with van der Waals surface area (Å²) in [5.74, 6) is -0.0640. The van der Waals surface area contributed by atoms with Crippen LogP contribution in [-0.4, -0.2) is 32.1 Å². The lowest BCUT2D eigenvalue weighted by molar-refractivity contribution is -0.144. The van der Waals surface area contributed by atoms with Gasteiger partial charge in [0.05, 0.1) is 19.9 Å². The van der Waals surface area contributed by atoms with E-state index in [0.717, 1.165) is 0 Å². The van der Waals surface area contributed by atoms with Gasteiger partial charge in [-0.2, -0.15) is 0 Å². The van der Waals surface area contributed by atoms with Crippen LogP contribution in [0, 0.1) is 0 Å². The van der Waals surface area contributed by atoms with Crippen molar-refractivity contribution in [1.29, 1.82) is 0 Å². The van der Waals surface area contributed by atoms with Crippen molar-refractivity contribution in [1.82, 2.24) is 0 Å². The number of piperidine rings is 1. The van der Waals surface area contributed by atoms with Crippen molar-refractivity contribution in [2.45, 2.75) is 25.3 Å². The van der Waals surface area contributed by atoms with Crippen LogP contribution in [0.5, 0.6) is 5.75 Å². The molecular formula is C14H16ClNO4. The first kappa shape index (κ1) is 14.7. The van der Waals surface area contributed by atoms with E-state index in [9.17, 15) is 9.59 Å². The van der Waals surface area contributed by atoms with Crippen LogP contribution in [0.4, 0.5) is 5.69 Å². The van der Waals surface area contributed by atoms with Crippen molar-refractivity contribution in [3.05, 3.63) is 23.2 Å². The Bertz CT molecular complexity index is 532. The normalized spacial score (nSPS) is 18.9. The zero-order valence-corrected chi connectivity index (χ0v) is 12.1. The fourth-order valence-corrected chi connectivity index (χ4v) is 2.55. The first-order valence-corrected chi connectivity index (χ1v) is 6.69. The Labute approximate surface area is 122 Å². The third kappa shape index (κ3) is 2.72. The predicted molar refractivity (Wildman–Crippen MR) is 75.1 cm³/mol. The number of carbonyl (C=O) groups excluding carboxylic acids is 2. The predicted octanol–water partition coefficient (Wildman–Crippen LogP) is 2.41. The number of hydrogen-bond acceptors (Lipinski definition) is 4. The van der Waals surface area contributed by atoms with Crippen molar-refractivity contribution >= 4 is 29.2 Å². The number of halogens is 1. The molecule has 0 bridgehead atoms. The number of amides is 1. The first-order valence-electron chi connectivity index (χ1n) is 6.32. The maximum atomic E-state index is 12.2. The van der Waals surface area contributed by atoms with Crippen molar-refractivity contribution in [2.24, 2.45) is 0 Å². The Morgan fingerprint density at radius 2 is 2.15 bits per heavy atom. The molecule has 20 heavy (non-hydrogen) atoms. The van der Waals surface area contributed by atoms with E-state index < -0.39 is 12.0 Å². The second-order valence-corrected chi connectivity index (χ2v) is 4.95. The number of esters is 1. The molecule has 0 radical (unpaired) electrons. The molecule has 1 saturated heterocycles. The van der Waals surface area contributed by atoms with E-state index in [4.69, 9.17) is 21.1 Å². The van der Waals surface area contributed by atoms with Gasteiger partial charge in [0.25, 0.3) is 0 Å². The van der Waals surface area contributed by atoms with Crippen molar-refractivity contribution < 1.29 is 19.1 Å². The average Bonchev–Trinajstić information content (AvgIpc) is 2.46. The summed E-state index contributed by atoms with van der Waals surface area (Å²) in [6.45, 7) is 0. The Morgan fingerprint density at radius 1 is 1.40 bits per heavy atom. The van der Waals surface area contributed by atoms with E-state index in [2.05, 4.69) is 0 Å². The van der Waals surface area contributed by atoms with Gasteiger partial charge in [0.1, 0.15) is 11.8 Å². The summed E-state index contributed by atoms with van der Waals surface area (Å²) in [4.78, 5) is 25.5. The molecule has 1 amide bonds. The van der Waals surface area contributed by atoms with E-state index in [-0.39, 0.29) is 5.91 Å². The van der Waals surface area contributed by atoms with Gasteiger partial charge < -0.3 is 9.47 Å². The Kier molecular flexibility index (Phi) is 4.49. The van der Waals surface area contributed by atoms with Gasteiger partial charge in [-0.1, -0.05) is 11.6 Å². The van der Waals surface area contributed by atoms with Crippen LogP contribution < -0.4 is 9.64 Å². The summed E-state index contributed by atoms with van der Waals surface area (Å²) in [6.07, 6.45) is 1.62. The highest BCUT2D eigenvalue weighted by Gasteiger charge is 2.36. The van der Waals surface area contributed by atoms with Crippen LogP contribution in [0.2, 0.25) is 5.02 Å². The monoisotopic (exact) mass is 297 g/mol. The minimum absolute atomic E-state index is 0.132. The van der Waals surface area contributed by atoms with E-state index in [1.165, 1.54) is 19.1 Å². The minimum atomic E-state index is -0.631. The Balaban J connectivity index is 2.47. The number of ether oxygens (including phenoxy) is 2. The number of nitrogens with zero attached hydrogens (tertiary/aromatic N) is 1. The van der Waals surface area contributed by atoms with Crippen molar-refractivity contribution in [3.63, 3.8) is 0 Å². The molecule has 1 aliphatic heterocycles. The van der Waals surface area contributed by atoms with Crippen LogP contribution in [0.1, 0.15) is 19.3 Å². The number of hydrogen-bond donors (Lipinski definition) is 0. The maximum absolute atomic E-state index is 12.2. The molecule has 2 rings (SSSR count). The van der Waals surface area contributed by atoms with Gasteiger partial charge in [0.2, 0.25) is 5.91 Å². The van der Waals surface area contributed by atoms with Gasteiger partial charge in [-0.15, -0.1) is 0 Å². The van der Waals surface area contributed by atoms with E-state index in [1.54, 1.807) is 18.2 Å². The van der Waals surface area contributed by atoms with E-state index in [1.807, 2.05) is 0 Å². The molecule has 0 N–H and O–H groups in total. The molecule has 5 nitrogen and oxygen atoms in total. The zero-order chi connectivity index (χ0) is 14.7. The summed E-state index contributed by atoms with van der Waals surface area (Å²) in [5, 5.41) is 0.475. The van der Waals surface area contributed by atoms with Crippen molar-refractivity contribution in [3.8, 4) is 5.75 Å². The zero-order valence-electron chi connectivity index (χ0n) is 11.4. The SMILES string of the molecule is COC(=O)C1CCCC(=O)N1c1cc(Cl)ccc1OC. The molecular weight excluding hydrogens is 282 g/mol. The molecule has 0 spiro atoms. The highest BCUT2D eigenvalue weighted by atomic mass is 35.5. The highest BCUT2D eigenvalue weighted by Crippen LogP contribution is 2.36. The smallest absolute Gasteiger partial charge is 0.328 e. The van der Waals surface area contributed by atoms with Crippen LogP contribution in [0.25, 0.3) is 0 Å². The molecule has 1 fully saturated rings. The lowest BCUT2D eigenvalue weighted by Crippen LogP contribution is -2.48. The van der Waals surface area contributed by atoms with Crippen LogP contribution in [-0.2, 0) is 14.3 Å². The lowest BCUT2D eigenvalue weighted by Gasteiger charge is -2.34.